The first-order valence-corrected chi connectivity index (χ1v) is 5.98. The number of oxime groups is 1. The second-order valence-electron chi connectivity index (χ2n) is 4.12. The van der Waals surface area contributed by atoms with Gasteiger partial charge in [0.25, 0.3) is 0 Å². The van der Waals surface area contributed by atoms with Crippen LogP contribution in [-0.2, 0) is 18.0 Å². The van der Waals surface area contributed by atoms with Crippen LogP contribution in [0.4, 0.5) is 0 Å². The van der Waals surface area contributed by atoms with E-state index in [2.05, 4.69) is 5.16 Å². The molecule has 3 N–H and O–H groups in total. The van der Waals surface area contributed by atoms with Gasteiger partial charge in [0.2, 0.25) is 0 Å². The van der Waals surface area contributed by atoms with Gasteiger partial charge < -0.3 is 15.7 Å². The number of benzene rings is 2. The van der Waals surface area contributed by atoms with Gasteiger partial charge in [-0.3, -0.25) is 0 Å². The lowest BCUT2D eigenvalue weighted by Crippen LogP contribution is -2.15. The summed E-state index contributed by atoms with van der Waals surface area (Å²) in [6.07, 6.45) is 0. The zero-order chi connectivity index (χ0) is 13.5. The Balaban J connectivity index is 2.00. The lowest BCUT2D eigenvalue weighted by molar-refractivity contribution is 0.107. The molecule has 0 bridgehead atoms. The quantitative estimate of drug-likeness (QED) is 0.374. The minimum Gasteiger partial charge on any atom is -0.409 e. The third-order valence-electron chi connectivity index (χ3n) is 2.77. The van der Waals surface area contributed by atoms with Crippen molar-refractivity contribution in [2.24, 2.45) is 10.9 Å². The van der Waals surface area contributed by atoms with Gasteiger partial charge in [-0.25, -0.2) is 0 Å². The highest BCUT2D eigenvalue weighted by atomic mass is 16.5. The molecule has 0 atom stereocenters. The van der Waals surface area contributed by atoms with Crippen molar-refractivity contribution >= 4 is 5.84 Å². The number of hydrogen-bond acceptors (Lipinski definition) is 3. The Labute approximate surface area is 112 Å². The van der Waals surface area contributed by atoms with Crippen LogP contribution in [0.3, 0.4) is 0 Å². The average Bonchev–Trinajstić information content (AvgIpc) is 2.48. The minimum absolute atomic E-state index is 0.0962. The molecule has 0 radical (unpaired) electrons. The summed E-state index contributed by atoms with van der Waals surface area (Å²) in [5.74, 6) is 0.0962. The molecule has 0 aliphatic carbocycles. The Bertz CT molecular complexity index is 553. The fourth-order valence-electron chi connectivity index (χ4n) is 1.80. The van der Waals surface area contributed by atoms with Crippen molar-refractivity contribution in [3.8, 4) is 0 Å². The fraction of sp³-hybridized carbons (Fsp3) is 0.133. The van der Waals surface area contributed by atoms with E-state index in [1.807, 2.05) is 48.5 Å². The highest BCUT2D eigenvalue weighted by Gasteiger charge is 2.06. The van der Waals surface area contributed by atoms with Crippen LogP contribution in [0.2, 0.25) is 0 Å². The van der Waals surface area contributed by atoms with Gasteiger partial charge in [-0.05, 0) is 11.1 Å². The standard InChI is InChI=1S/C15H16N2O2/c16-15(17-18)14-9-5-4-8-13(14)11-19-10-12-6-2-1-3-7-12/h1-9,18H,10-11H2,(H2,16,17). The minimum atomic E-state index is 0.0962. The van der Waals surface area contributed by atoms with Gasteiger partial charge in [-0.1, -0.05) is 59.8 Å². The molecule has 4 heteroatoms. The molecule has 0 aromatic heterocycles. The lowest BCUT2D eigenvalue weighted by atomic mass is 10.1. The summed E-state index contributed by atoms with van der Waals surface area (Å²) >= 11 is 0. The summed E-state index contributed by atoms with van der Waals surface area (Å²) in [7, 11) is 0. The summed E-state index contributed by atoms with van der Waals surface area (Å²) < 4.78 is 5.65. The molecule has 0 aliphatic rings. The van der Waals surface area contributed by atoms with Gasteiger partial charge in [0.05, 0.1) is 13.2 Å². The van der Waals surface area contributed by atoms with E-state index >= 15 is 0 Å². The predicted molar refractivity (Wildman–Crippen MR) is 73.9 cm³/mol. The molecule has 0 saturated heterocycles. The molecule has 0 fully saturated rings. The number of nitrogens with two attached hydrogens (primary N) is 1. The van der Waals surface area contributed by atoms with Crippen LogP contribution in [0, 0.1) is 0 Å². The summed E-state index contributed by atoms with van der Waals surface area (Å²) in [5, 5.41) is 11.8. The molecule has 0 saturated carbocycles. The highest BCUT2D eigenvalue weighted by molar-refractivity contribution is 5.98. The molecule has 19 heavy (non-hydrogen) atoms. The van der Waals surface area contributed by atoms with Gasteiger partial charge in [0.15, 0.2) is 5.84 Å². The van der Waals surface area contributed by atoms with Crippen LogP contribution in [0.5, 0.6) is 0 Å². The van der Waals surface area contributed by atoms with Gasteiger partial charge in [-0.2, -0.15) is 0 Å². The zero-order valence-corrected chi connectivity index (χ0v) is 10.5. The highest BCUT2D eigenvalue weighted by Crippen LogP contribution is 2.11. The summed E-state index contributed by atoms with van der Waals surface area (Å²) in [6, 6.07) is 17.4. The third kappa shape index (κ3) is 3.56. The van der Waals surface area contributed by atoms with E-state index in [1.54, 1.807) is 6.07 Å². The number of amidine groups is 1. The van der Waals surface area contributed by atoms with Crippen molar-refractivity contribution in [1.82, 2.24) is 0 Å². The normalized spacial score (nSPS) is 11.5. The smallest absolute Gasteiger partial charge is 0.170 e. The zero-order valence-electron chi connectivity index (χ0n) is 10.5. The molecular formula is C15H16N2O2. The number of hydrogen-bond donors (Lipinski definition) is 2. The van der Waals surface area contributed by atoms with Crippen LogP contribution in [0.1, 0.15) is 16.7 Å². The predicted octanol–water partition coefficient (Wildman–Crippen LogP) is 2.50. The molecule has 2 rings (SSSR count). The summed E-state index contributed by atoms with van der Waals surface area (Å²) in [5.41, 5.74) is 8.33. The van der Waals surface area contributed by atoms with Crippen molar-refractivity contribution < 1.29 is 9.94 Å². The Morgan fingerprint density at radius 1 is 1.00 bits per heavy atom. The second-order valence-corrected chi connectivity index (χ2v) is 4.12. The lowest BCUT2D eigenvalue weighted by Gasteiger charge is -2.09. The third-order valence-corrected chi connectivity index (χ3v) is 2.77. The van der Waals surface area contributed by atoms with Crippen LogP contribution < -0.4 is 5.73 Å². The topological polar surface area (TPSA) is 67.8 Å². The number of ether oxygens (including phenoxy) is 1. The largest absolute Gasteiger partial charge is 0.409 e. The molecule has 0 spiro atoms. The molecule has 0 aliphatic heterocycles. The van der Waals surface area contributed by atoms with E-state index in [-0.39, 0.29) is 5.84 Å². The maximum Gasteiger partial charge on any atom is 0.170 e. The van der Waals surface area contributed by atoms with Gasteiger partial charge >= 0.3 is 0 Å². The maximum absolute atomic E-state index is 8.74. The molecule has 98 valence electrons. The van der Waals surface area contributed by atoms with E-state index in [0.29, 0.717) is 18.8 Å². The van der Waals surface area contributed by atoms with E-state index < -0.39 is 0 Å². The van der Waals surface area contributed by atoms with Crippen molar-refractivity contribution in [1.29, 1.82) is 0 Å². The van der Waals surface area contributed by atoms with E-state index in [9.17, 15) is 0 Å². The van der Waals surface area contributed by atoms with Crippen LogP contribution in [-0.4, -0.2) is 11.0 Å². The Morgan fingerprint density at radius 2 is 1.68 bits per heavy atom. The number of nitrogens with zero attached hydrogens (tertiary/aromatic N) is 1. The van der Waals surface area contributed by atoms with Crippen molar-refractivity contribution in [2.45, 2.75) is 13.2 Å². The van der Waals surface area contributed by atoms with Crippen molar-refractivity contribution in [2.75, 3.05) is 0 Å². The average molecular weight is 256 g/mol. The Kier molecular flexibility index (Phi) is 4.53. The Hall–Kier alpha value is -2.33. The first-order valence-electron chi connectivity index (χ1n) is 5.98. The molecule has 0 unspecified atom stereocenters. The van der Waals surface area contributed by atoms with Crippen molar-refractivity contribution in [3.05, 3.63) is 71.3 Å². The number of rotatable bonds is 5. The van der Waals surface area contributed by atoms with Gasteiger partial charge in [-0.15, -0.1) is 0 Å². The maximum atomic E-state index is 8.74. The first kappa shape index (κ1) is 13.1. The Morgan fingerprint density at radius 3 is 2.42 bits per heavy atom. The van der Waals surface area contributed by atoms with E-state index in [1.165, 1.54) is 0 Å². The molecule has 4 nitrogen and oxygen atoms in total. The van der Waals surface area contributed by atoms with Crippen LogP contribution >= 0.6 is 0 Å². The SMILES string of the molecule is N/C(=N\O)c1ccccc1COCc1ccccc1. The second kappa shape index (κ2) is 6.56. The molecule has 2 aromatic carbocycles. The molecular weight excluding hydrogens is 240 g/mol. The molecule has 0 heterocycles. The van der Waals surface area contributed by atoms with E-state index in [0.717, 1.165) is 11.1 Å². The monoisotopic (exact) mass is 256 g/mol. The fourth-order valence-corrected chi connectivity index (χ4v) is 1.80. The molecule has 2 aromatic rings. The van der Waals surface area contributed by atoms with Gasteiger partial charge in [0, 0.05) is 5.56 Å². The van der Waals surface area contributed by atoms with Gasteiger partial charge in [0.1, 0.15) is 0 Å². The van der Waals surface area contributed by atoms with E-state index in [4.69, 9.17) is 15.7 Å². The first-order chi connectivity index (χ1) is 9.31. The summed E-state index contributed by atoms with van der Waals surface area (Å²) in [4.78, 5) is 0. The van der Waals surface area contributed by atoms with Crippen LogP contribution in [0.15, 0.2) is 59.8 Å². The van der Waals surface area contributed by atoms with Crippen LogP contribution in [0.25, 0.3) is 0 Å². The molecule has 0 amide bonds. The van der Waals surface area contributed by atoms with Crippen molar-refractivity contribution in [3.63, 3.8) is 0 Å². The summed E-state index contributed by atoms with van der Waals surface area (Å²) in [6.45, 7) is 0.951.